The van der Waals surface area contributed by atoms with Crippen LogP contribution in [0.5, 0.6) is 0 Å². The zero-order chi connectivity index (χ0) is 18.4. The number of carbonyl (C=O) groups is 1. The van der Waals surface area contributed by atoms with Crippen LogP contribution in [-0.4, -0.2) is 40.6 Å². The minimum Gasteiger partial charge on any atom is -0.466 e. The van der Waals surface area contributed by atoms with Crippen molar-refractivity contribution in [3.63, 3.8) is 0 Å². The molecule has 1 fully saturated rings. The predicted molar refractivity (Wildman–Crippen MR) is 99.6 cm³/mol. The van der Waals surface area contributed by atoms with Gasteiger partial charge in [0, 0.05) is 32.0 Å². The molecule has 1 aliphatic heterocycles. The highest BCUT2D eigenvalue weighted by atomic mass is 16.5. The molecule has 1 saturated heterocycles. The molecule has 26 heavy (non-hydrogen) atoms. The predicted octanol–water partition coefficient (Wildman–Crippen LogP) is 1.85. The van der Waals surface area contributed by atoms with Gasteiger partial charge in [-0.15, -0.1) is 0 Å². The highest BCUT2D eigenvalue weighted by Crippen LogP contribution is 2.30. The monoisotopic (exact) mass is 356 g/mol. The van der Waals surface area contributed by atoms with Gasteiger partial charge in [0.05, 0.1) is 12.5 Å². The highest BCUT2D eigenvalue weighted by molar-refractivity contribution is 5.76. The van der Waals surface area contributed by atoms with E-state index in [1.807, 2.05) is 19.1 Å². The van der Waals surface area contributed by atoms with E-state index in [2.05, 4.69) is 25.2 Å². The Bertz CT molecular complexity index is 732. The Morgan fingerprint density at radius 3 is 2.88 bits per heavy atom. The fourth-order valence-electron chi connectivity index (χ4n) is 3.05. The zero-order valence-corrected chi connectivity index (χ0v) is 14.9. The van der Waals surface area contributed by atoms with Gasteiger partial charge in [0.2, 0.25) is 0 Å². The third kappa shape index (κ3) is 4.19. The molecular weight excluding hydrogens is 332 g/mol. The van der Waals surface area contributed by atoms with Crippen LogP contribution in [0, 0.1) is 5.92 Å². The first-order valence-corrected chi connectivity index (χ1v) is 8.84. The Kier molecular flexibility index (Phi) is 5.83. The second-order valence-electron chi connectivity index (χ2n) is 6.19. The van der Waals surface area contributed by atoms with Crippen LogP contribution in [0.15, 0.2) is 30.9 Å². The largest absolute Gasteiger partial charge is 0.466 e. The average Bonchev–Trinajstić information content (AvgIpc) is 2.68. The van der Waals surface area contributed by atoms with Crippen molar-refractivity contribution in [1.29, 1.82) is 0 Å². The number of esters is 1. The number of piperidine rings is 1. The van der Waals surface area contributed by atoms with Gasteiger partial charge in [-0.3, -0.25) is 9.78 Å². The number of anilines is 3. The van der Waals surface area contributed by atoms with Crippen LogP contribution in [0.3, 0.4) is 0 Å². The lowest BCUT2D eigenvalue weighted by Gasteiger charge is -2.32. The summed E-state index contributed by atoms with van der Waals surface area (Å²) in [4.78, 5) is 26.7. The molecule has 3 N–H and O–H groups in total. The first-order chi connectivity index (χ1) is 12.7. The van der Waals surface area contributed by atoms with E-state index in [0.29, 0.717) is 43.6 Å². The molecule has 0 aliphatic carbocycles. The Morgan fingerprint density at radius 1 is 1.38 bits per heavy atom. The standard InChI is InChI=1S/C18H24N6O2/c1-2-26-18(25)14-5-8-24(9-6-14)17-15(19)16(22-12-23-17)21-11-13-4-3-7-20-10-13/h3-4,7,10,12,14H,2,5-6,8-9,11,19H2,1H3,(H,21,22,23). The van der Waals surface area contributed by atoms with Crippen molar-refractivity contribution in [2.24, 2.45) is 5.92 Å². The van der Waals surface area contributed by atoms with Crippen LogP contribution in [0.2, 0.25) is 0 Å². The summed E-state index contributed by atoms with van der Waals surface area (Å²) in [6.07, 6.45) is 6.52. The van der Waals surface area contributed by atoms with Gasteiger partial charge >= 0.3 is 5.97 Å². The summed E-state index contributed by atoms with van der Waals surface area (Å²) < 4.78 is 5.12. The highest BCUT2D eigenvalue weighted by Gasteiger charge is 2.27. The van der Waals surface area contributed by atoms with E-state index in [4.69, 9.17) is 10.5 Å². The van der Waals surface area contributed by atoms with Crippen LogP contribution >= 0.6 is 0 Å². The van der Waals surface area contributed by atoms with Crippen molar-refractivity contribution in [1.82, 2.24) is 15.0 Å². The number of hydrogen-bond acceptors (Lipinski definition) is 8. The van der Waals surface area contributed by atoms with Gasteiger partial charge in [-0.1, -0.05) is 6.07 Å². The average molecular weight is 356 g/mol. The van der Waals surface area contributed by atoms with Gasteiger partial charge in [0.1, 0.15) is 12.0 Å². The molecule has 3 rings (SSSR count). The lowest BCUT2D eigenvalue weighted by atomic mass is 9.97. The Hall–Kier alpha value is -2.90. The number of ether oxygens (including phenoxy) is 1. The van der Waals surface area contributed by atoms with E-state index in [-0.39, 0.29) is 11.9 Å². The van der Waals surface area contributed by atoms with Crippen LogP contribution < -0.4 is 16.0 Å². The molecule has 1 aliphatic rings. The van der Waals surface area contributed by atoms with Crippen molar-refractivity contribution in [3.8, 4) is 0 Å². The number of nitrogens with zero attached hydrogens (tertiary/aromatic N) is 4. The molecule has 138 valence electrons. The van der Waals surface area contributed by atoms with E-state index >= 15 is 0 Å². The minimum absolute atomic E-state index is 0.0440. The molecule has 0 radical (unpaired) electrons. The van der Waals surface area contributed by atoms with Gasteiger partial charge in [0.15, 0.2) is 11.6 Å². The maximum absolute atomic E-state index is 11.9. The minimum atomic E-state index is -0.110. The first kappa shape index (κ1) is 17.9. The molecule has 0 spiro atoms. The van der Waals surface area contributed by atoms with Crippen LogP contribution in [0.25, 0.3) is 0 Å². The summed E-state index contributed by atoms with van der Waals surface area (Å²) >= 11 is 0. The molecule has 8 nitrogen and oxygen atoms in total. The number of nitrogens with two attached hydrogens (primary N) is 1. The van der Waals surface area contributed by atoms with Crippen molar-refractivity contribution in [2.45, 2.75) is 26.3 Å². The number of nitrogen functional groups attached to an aromatic ring is 1. The molecule has 2 aromatic heterocycles. The molecule has 0 unspecified atom stereocenters. The van der Waals surface area contributed by atoms with Gasteiger partial charge < -0.3 is 20.7 Å². The van der Waals surface area contributed by atoms with E-state index in [0.717, 1.165) is 18.4 Å². The number of rotatable bonds is 6. The quantitative estimate of drug-likeness (QED) is 0.755. The van der Waals surface area contributed by atoms with Crippen molar-refractivity contribution >= 4 is 23.3 Å². The molecular formula is C18H24N6O2. The molecule has 0 atom stereocenters. The molecule has 2 aromatic rings. The molecule has 0 bridgehead atoms. The van der Waals surface area contributed by atoms with Crippen molar-refractivity contribution in [2.75, 3.05) is 35.6 Å². The van der Waals surface area contributed by atoms with Crippen LogP contribution in [0.1, 0.15) is 25.3 Å². The lowest BCUT2D eigenvalue weighted by molar-refractivity contribution is -0.148. The fourth-order valence-corrected chi connectivity index (χ4v) is 3.05. The number of nitrogens with one attached hydrogen (secondary N) is 1. The smallest absolute Gasteiger partial charge is 0.309 e. The van der Waals surface area contributed by atoms with Gasteiger partial charge in [-0.25, -0.2) is 9.97 Å². The van der Waals surface area contributed by atoms with Crippen molar-refractivity contribution < 1.29 is 9.53 Å². The summed E-state index contributed by atoms with van der Waals surface area (Å²) in [7, 11) is 0. The number of aromatic nitrogens is 3. The SMILES string of the molecule is CCOC(=O)C1CCN(c2ncnc(NCc3cccnc3)c2N)CC1. The van der Waals surface area contributed by atoms with Gasteiger partial charge in [0.25, 0.3) is 0 Å². The second-order valence-corrected chi connectivity index (χ2v) is 6.19. The number of carbonyl (C=O) groups excluding carboxylic acids is 1. The van der Waals surface area contributed by atoms with E-state index < -0.39 is 0 Å². The van der Waals surface area contributed by atoms with E-state index in [1.54, 1.807) is 12.4 Å². The topological polar surface area (TPSA) is 106 Å². The van der Waals surface area contributed by atoms with E-state index in [1.165, 1.54) is 6.33 Å². The summed E-state index contributed by atoms with van der Waals surface area (Å²) in [6.45, 7) is 4.26. The lowest BCUT2D eigenvalue weighted by Crippen LogP contribution is -2.38. The Balaban J connectivity index is 1.63. The summed E-state index contributed by atoms with van der Waals surface area (Å²) in [5, 5.41) is 3.24. The molecule has 0 amide bonds. The summed E-state index contributed by atoms with van der Waals surface area (Å²) in [5.41, 5.74) is 7.85. The zero-order valence-electron chi connectivity index (χ0n) is 14.9. The van der Waals surface area contributed by atoms with Crippen LogP contribution in [-0.2, 0) is 16.1 Å². The summed E-state index contributed by atoms with van der Waals surface area (Å²) in [5.74, 6) is 1.15. The Morgan fingerprint density at radius 2 is 2.19 bits per heavy atom. The number of hydrogen-bond donors (Lipinski definition) is 2. The van der Waals surface area contributed by atoms with Gasteiger partial charge in [-0.2, -0.15) is 0 Å². The third-order valence-corrected chi connectivity index (χ3v) is 4.46. The van der Waals surface area contributed by atoms with Crippen molar-refractivity contribution in [3.05, 3.63) is 36.4 Å². The normalized spacial score (nSPS) is 14.9. The molecule has 8 heteroatoms. The molecule has 0 aromatic carbocycles. The summed E-state index contributed by atoms with van der Waals surface area (Å²) in [6, 6.07) is 3.87. The molecule has 3 heterocycles. The first-order valence-electron chi connectivity index (χ1n) is 8.84. The fraction of sp³-hybridized carbons (Fsp3) is 0.444. The van der Waals surface area contributed by atoms with E-state index in [9.17, 15) is 4.79 Å². The van der Waals surface area contributed by atoms with Crippen LogP contribution in [0.4, 0.5) is 17.3 Å². The molecule has 0 saturated carbocycles. The maximum Gasteiger partial charge on any atom is 0.309 e. The van der Waals surface area contributed by atoms with Gasteiger partial charge in [-0.05, 0) is 31.4 Å². The number of pyridine rings is 1. The maximum atomic E-state index is 11.9. The second kappa shape index (κ2) is 8.46. The third-order valence-electron chi connectivity index (χ3n) is 4.46. The Labute approximate surface area is 152 Å².